The number of carbonyl (C=O) groups is 2. The SMILES string of the molecule is O=C1CCC(c2n[nH]c3cc(N4CCNCC4)ccc23)C(=O)N1. The quantitative estimate of drug-likeness (QED) is 0.702. The highest BCUT2D eigenvalue weighted by atomic mass is 16.2. The molecule has 7 heteroatoms. The third-order valence-electron chi connectivity index (χ3n) is 4.63. The van der Waals surface area contributed by atoms with Gasteiger partial charge in [-0.05, 0) is 24.6 Å². The summed E-state index contributed by atoms with van der Waals surface area (Å²) in [6.45, 7) is 3.95. The Morgan fingerprint density at radius 3 is 2.78 bits per heavy atom. The number of amides is 2. The molecule has 4 rings (SSSR count). The number of aromatic amines is 1. The molecule has 0 bridgehead atoms. The Kier molecular flexibility index (Phi) is 3.49. The fraction of sp³-hybridized carbons (Fsp3) is 0.438. The molecule has 23 heavy (non-hydrogen) atoms. The van der Waals surface area contributed by atoms with Crippen LogP contribution in [0, 0.1) is 0 Å². The van der Waals surface area contributed by atoms with Crippen molar-refractivity contribution in [2.75, 3.05) is 31.1 Å². The summed E-state index contributed by atoms with van der Waals surface area (Å²) >= 11 is 0. The Bertz CT molecular complexity index is 763. The summed E-state index contributed by atoms with van der Waals surface area (Å²) in [6, 6.07) is 6.19. The lowest BCUT2D eigenvalue weighted by atomic mass is 9.93. The van der Waals surface area contributed by atoms with Gasteiger partial charge in [-0.15, -0.1) is 0 Å². The average Bonchev–Trinajstić information content (AvgIpc) is 2.99. The van der Waals surface area contributed by atoms with Crippen LogP contribution in [0.2, 0.25) is 0 Å². The molecule has 1 aromatic heterocycles. The number of carbonyl (C=O) groups excluding carboxylic acids is 2. The van der Waals surface area contributed by atoms with Crippen molar-refractivity contribution in [2.24, 2.45) is 0 Å². The number of anilines is 1. The molecule has 2 amide bonds. The number of piperidine rings is 1. The lowest BCUT2D eigenvalue weighted by Gasteiger charge is -2.29. The van der Waals surface area contributed by atoms with Crippen molar-refractivity contribution in [3.05, 3.63) is 23.9 Å². The molecular weight excluding hydrogens is 294 g/mol. The zero-order valence-electron chi connectivity index (χ0n) is 12.8. The van der Waals surface area contributed by atoms with Crippen molar-refractivity contribution < 1.29 is 9.59 Å². The monoisotopic (exact) mass is 313 g/mol. The van der Waals surface area contributed by atoms with E-state index in [9.17, 15) is 9.59 Å². The maximum atomic E-state index is 12.1. The van der Waals surface area contributed by atoms with Gasteiger partial charge in [0.05, 0.1) is 17.1 Å². The van der Waals surface area contributed by atoms with Gasteiger partial charge in [0.15, 0.2) is 0 Å². The van der Waals surface area contributed by atoms with E-state index in [0.29, 0.717) is 12.8 Å². The van der Waals surface area contributed by atoms with Crippen molar-refractivity contribution in [2.45, 2.75) is 18.8 Å². The Morgan fingerprint density at radius 2 is 2.00 bits per heavy atom. The number of aromatic nitrogens is 2. The molecule has 0 radical (unpaired) electrons. The van der Waals surface area contributed by atoms with Gasteiger partial charge in [-0.1, -0.05) is 0 Å². The summed E-state index contributed by atoms with van der Waals surface area (Å²) in [4.78, 5) is 25.7. The van der Waals surface area contributed by atoms with Crippen LogP contribution >= 0.6 is 0 Å². The predicted octanol–water partition coefficient (Wildman–Crippen LogP) is 0.493. The molecule has 1 atom stereocenters. The summed E-state index contributed by atoms with van der Waals surface area (Å²) < 4.78 is 0. The summed E-state index contributed by atoms with van der Waals surface area (Å²) in [5.74, 6) is -0.806. The largest absolute Gasteiger partial charge is 0.369 e. The highest BCUT2D eigenvalue weighted by molar-refractivity contribution is 6.02. The van der Waals surface area contributed by atoms with Gasteiger partial charge in [-0.25, -0.2) is 0 Å². The highest BCUT2D eigenvalue weighted by Crippen LogP contribution is 2.31. The second-order valence-corrected chi connectivity index (χ2v) is 6.08. The van der Waals surface area contributed by atoms with Crippen molar-refractivity contribution in [3.8, 4) is 0 Å². The third-order valence-corrected chi connectivity index (χ3v) is 4.63. The van der Waals surface area contributed by atoms with Crippen LogP contribution in [0.25, 0.3) is 10.9 Å². The van der Waals surface area contributed by atoms with E-state index < -0.39 is 0 Å². The van der Waals surface area contributed by atoms with Crippen LogP contribution < -0.4 is 15.5 Å². The first-order valence-corrected chi connectivity index (χ1v) is 8.00. The van der Waals surface area contributed by atoms with Crippen LogP contribution in [0.3, 0.4) is 0 Å². The normalized spacial score (nSPS) is 22.4. The Labute approximate surface area is 133 Å². The van der Waals surface area contributed by atoms with Crippen molar-refractivity contribution in [3.63, 3.8) is 0 Å². The van der Waals surface area contributed by atoms with Gasteiger partial charge < -0.3 is 10.2 Å². The van der Waals surface area contributed by atoms with Gasteiger partial charge in [0.25, 0.3) is 0 Å². The van der Waals surface area contributed by atoms with Gasteiger partial charge in [0, 0.05) is 43.7 Å². The van der Waals surface area contributed by atoms with E-state index in [1.165, 1.54) is 0 Å². The number of imide groups is 1. The summed E-state index contributed by atoms with van der Waals surface area (Å²) in [5, 5.41) is 14.1. The molecule has 7 nitrogen and oxygen atoms in total. The summed E-state index contributed by atoms with van der Waals surface area (Å²) in [6.07, 6.45) is 0.883. The van der Waals surface area contributed by atoms with Crippen LogP contribution in [0.15, 0.2) is 18.2 Å². The number of nitrogens with zero attached hydrogens (tertiary/aromatic N) is 2. The molecule has 2 aromatic rings. The molecule has 0 saturated carbocycles. The average molecular weight is 313 g/mol. The van der Waals surface area contributed by atoms with Crippen LogP contribution in [-0.2, 0) is 9.59 Å². The highest BCUT2D eigenvalue weighted by Gasteiger charge is 2.31. The van der Waals surface area contributed by atoms with Crippen molar-refractivity contribution in [1.29, 1.82) is 0 Å². The second kappa shape index (κ2) is 5.66. The first-order valence-electron chi connectivity index (χ1n) is 8.00. The van der Waals surface area contributed by atoms with Crippen LogP contribution in [-0.4, -0.2) is 48.2 Å². The zero-order valence-corrected chi connectivity index (χ0v) is 12.8. The predicted molar refractivity (Wildman–Crippen MR) is 86.3 cm³/mol. The fourth-order valence-electron chi connectivity index (χ4n) is 3.37. The van der Waals surface area contributed by atoms with E-state index >= 15 is 0 Å². The second-order valence-electron chi connectivity index (χ2n) is 6.08. The smallest absolute Gasteiger partial charge is 0.235 e. The molecule has 0 aliphatic carbocycles. The minimum atomic E-state index is -0.355. The van der Waals surface area contributed by atoms with E-state index in [4.69, 9.17) is 0 Å². The third kappa shape index (κ3) is 2.57. The lowest BCUT2D eigenvalue weighted by Crippen LogP contribution is -2.43. The fourth-order valence-corrected chi connectivity index (χ4v) is 3.37. The molecule has 0 spiro atoms. The number of nitrogens with one attached hydrogen (secondary N) is 3. The minimum absolute atomic E-state index is 0.202. The molecule has 1 aromatic carbocycles. The van der Waals surface area contributed by atoms with E-state index in [0.717, 1.165) is 48.5 Å². The van der Waals surface area contributed by atoms with Crippen LogP contribution in [0.5, 0.6) is 0 Å². The first-order chi connectivity index (χ1) is 11.2. The zero-order chi connectivity index (χ0) is 15.8. The number of benzene rings is 1. The number of fused-ring (bicyclic) bond motifs is 1. The maximum absolute atomic E-state index is 12.1. The number of hydrogen-bond donors (Lipinski definition) is 3. The molecule has 2 saturated heterocycles. The molecule has 1 unspecified atom stereocenters. The maximum Gasteiger partial charge on any atom is 0.235 e. The van der Waals surface area contributed by atoms with E-state index in [1.807, 2.05) is 6.07 Å². The number of H-pyrrole nitrogens is 1. The van der Waals surface area contributed by atoms with E-state index in [-0.39, 0.29) is 17.7 Å². The molecule has 2 aliphatic rings. The van der Waals surface area contributed by atoms with Crippen LogP contribution in [0.4, 0.5) is 5.69 Å². The van der Waals surface area contributed by atoms with Gasteiger partial charge in [0.1, 0.15) is 0 Å². The number of piperazine rings is 1. The Hall–Kier alpha value is -2.41. The molecule has 2 aliphatic heterocycles. The lowest BCUT2D eigenvalue weighted by molar-refractivity contribution is -0.134. The van der Waals surface area contributed by atoms with Gasteiger partial charge in [-0.2, -0.15) is 5.10 Å². The Balaban J connectivity index is 1.65. The molecule has 3 N–H and O–H groups in total. The molecule has 3 heterocycles. The first kappa shape index (κ1) is 14.2. The van der Waals surface area contributed by atoms with Gasteiger partial charge in [-0.3, -0.25) is 20.0 Å². The van der Waals surface area contributed by atoms with Gasteiger partial charge in [0.2, 0.25) is 11.8 Å². The molecule has 2 fully saturated rings. The Morgan fingerprint density at radius 1 is 1.17 bits per heavy atom. The van der Waals surface area contributed by atoms with Crippen LogP contribution in [0.1, 0.15) is 24.5 Å². The minimum Gasteiger partial charge on any atom is -0.369 e. The van der Waals surface area contributed by atoms with Crippen molar-refractivity contribution in [1.82, 2.24) is 20.8 Å². The molecular formula is C16H19N5O2. The summed E-state index contributed by atoms with van der Waals surface area (Å²) in [7, 11) is 0. The molecule has 120 valence electrons. The number of hydrogen-bond acceptors (Lipinski definition) is 5. The summed E-state index contributed by atoms with van der Waals surface area (Å²) in [5.41, 5.74) is 2.83. The topological polar surface area (TPSA) is 90.1 Å². The van der Waals surface area contributed by atoms with Gasteiger partial charge >= 0.3 is 0 Å². The number of rotatable bonds is 2. The van der Waals surface area contributed by atoms with Crippen molar-refractivity contribution >= 4 is 28.4 Å². The van der Waals surface area contributed by atoms with E-state index in [2.05, 4.69) is 37.9 Å². The van der Waals surface area contributed by atoms with E-state index in [1.54, 1.807) is 0 Å². The standard InChI is InChI=1S/C16H19N5O2/c22-14-4-3-12(16(23)18-14)15-11-2-1-10(9-13(11)19-20-15)21-7-5-17-6-8-21/h1-2,9,12,17H,3-8H2,(H,19,20)(H,18,22,23).